The van der Waals surface area contributed by atoms with Gasteiger partial charge < -0.3 is 24.1 Å². The molecule has 0 fully saturated rings. The van der Waals surface area contributed by atoms with E-state index >= 15 is 4.79 Å². The van der Waals surface area contributed by atoms with Crippen LogP contribution in [0.4, 0.5) is 0 Å². The van der Waals surface area contributed by atoms with Crippen LogP contribution < -0.4 is 18.9 Å². The van der Waals surface area contributed by atoms with Gasteiger partial charge in [0.15, 0.2) is 0 Å². The van der Waals surface area contributed by atoms with Gasteiger partial charge in [-0.2, -0.15) is 0 Å². The summed E-state index contributed by atoms with van der Waals surface area (Å²) < 4.78 is 32.6. The molecular weight excluding hydrogens is 901 g/mol. The molecule has 10 rings (SSSR count). The van der Waals surface area contributed by atoms with E-state index in [1.165, 1.54) is 0 Å². The lowest BCUT2D eigenvalue weighted by atomic mass is 9.52. The molecule has 5 atom stereocenters. The Balaban J connectivity index is 1.55. The van der Waals surface area contributed by atoms with E-state index in [1.807, 2.05) is 291 Å². The molecule has 0 aromatic heterocycles. The molecule has 10 aromatic carbocycles. The maximum Gasteiger partial charge on any atom is 0.244 e. The van der Waals surface area contributed by atoms with Crippen molar-refractivity contribution in [3.63, 3.8) is 0 Å². The number of hydrogen-bond acceptors (Lipinski definition) is 6. The van der Waals surface area contributed by atoms with Gasteiger partial charge in [-0.25, -0.2) is 0 Å². The second-order valence-electron chi connectivity index (χ2n) is 17.8. The lowest BCUT2D eigenvalue weighted by molar-refractivity contribution is -0.297. The number of para-hydroxylation sites is 4. The van der Waals surface area contributed by atoms with Crippen LogP contribution in [0.3, 0.4) is 0 Å². The number of ether oxygens (including phenoxy) is 4. The first kappa shape index (κ1) is 47.7. The smallest absolute Gasteiger partial charge is 0.244 e. The number of carbonyl (C=O) groups is 1. The summed E-state index contributed by atoms with van der Waals surface area (Å²) in [6.45, 7) is 0. The Bertz CT molecular complexity index is 3270. The number of carbonyl (C=O) groups excluding carboxylic acids is 1. The normalized spacial score (nSPS) is 14.9. The summed E-state index contributed by atoms with van der Waals surface area (Å²) in [6, 6.07) is 95.2. The molecular formula is C67H54O6. The van der Waals surface area contributed by atoms with E-state index in [-0.39, 0.29) is 6.42 Å². The molecule has 5 unspecified atom stereocenters. The topological polar surface area (TPSA) is 74.2 Å². The molecule has 0 aliphatic heterocycles. The Morgan fingerprint density at radius 2 is 0.630 bits per heavy atom. The highest BCUT2D eigenvalue weighted by atomic mass is 16.6. The fraction of sp³-hybridized carbons (Fsp3) is 0.0896. The quantitative estimate of drug-likeness (QED) is 0.0767. The van der Waals surface area contributed by atoms with Crippen LogP contribution >= 0.6 is 0 Å². The van der Waals surface area contributed by atoms with E-state index in [4.69, 9.17) is 18.9 Å². The lowest BCUT2D eigenvalue weighted by Crippen LogP contribution is -2.80. The first-order valence-electron chi connectivity index (χ1n) is 24.5. The third kappa shape index (κ3) is 8.94. The third-order valence-electron chi connectivity index (χ3n) is 13.4. The predicted molar refractivity (Wildman–Crippen MR) is 288 cm³/mol. The zero-order valence-electron chi connectivity index (χ0n) is 40.1. The second-order valence-corrected chi connectivity index (χ2v) is 17.8. The van der Waals surface area contributed by atoms with Gasteiger partial charge in [-0.1, -0.05) is 255 Å². The number of ketones is 1. The lowest BCUT2D eigenvalue weighted by Gasteiger charge is -2.63. The van der Waals surface area contributed by atoms with Gasteiger partial charge in [-0.15, -0.1) is 0 Å². The number of benzene rings is 10. The molecule has 0 radical (unpaired) electrons. The Labute approximate surface area is 427 Å². The standard InChI is InChI=1S/C67H54O6/c68-62(51-52-31-11-1-12-32-52)64(54-35-15-3-16-36-54,70-58-43-23-7-24-44-58)66(56-39-19-5-20-40-56,72-60-47-27-9-28-48-60)67(57-41-21-6-22-42-57,73-61-49-29-10-30-50-61)65(55-37-17-4-18-38-55,71-59-45-25-8-26-46-59)63(69)53-33-13-2-14-34-53/h1-50,62,68H,51H2. The number of aliphatic hydroxyl groups excluding tert-OH is 1. The van der Waals surface area contributed by atoms with Gasteiger partial charge in [0.1, 0.15) is 29.1 Å². The average Bonchev–Trinajstić information content (AvgIpc) is 3.47. The van der Waals surface area contributed by atoms with E-state index in [0.717, 1.165) is 5.56 Å². The second kappa shape index (κ2) is 21.6. The van der Waals surface area contributed by atoms with Crippen molar-refractivity contribution >= 4 is 5.78 Å². The molecule has 0 aliphatic rings. The van der Waals surface area contributed by atoms with Crippen molar-refractivity contribution in [2.75, 3.05) is 0 Å². The van der Waals surface area contributed by atoms with Crippen molar-refractivity contribution in [1.29, 1.82) is 0 Å². The summed E-state index contributed by atoms with van der Waals surface area (Å²) in [4.78, 5) is 17.5. The van der Waals surface area contributed by atoms with E-state index in [0.29, 0.717) is 50.8 Å². The van der Waals surface area contributed by atoms with Crippen LogP contribution in [-0.4, -0.2) is 17.0 Å². The maximum atomic E-state index is 17.5. The number of Topliss-reactive ketones (excluding diaryl/α,β-unsaturated/α-hetero) is 1. The van der Waals surface area contributed by atoms with E-state index in [1.54, 1.807) is 12.1 Å². The van der Waals surface area contributed by atoms with Crippen LogP contribution in [0.15, 0.2) is 303 Å². The van der Waals surface area contributed by atoms with Gasteiger partial charge in [-0.3, -0.25) is 4.79 Å². The predicted octanol–water partition coefficient (Wildman–Crippen LogP) is 14.4. The molecule has 0 aliphatic carbocycles. The highest BCUT2D eigenvalue weighted by molar-refractivity contribution is 6.05. The molecule has 6 heteroatoms. The Hall–Kier alpha value is -8.97. The molecule has 10 aromatic rings. The first-order valence-corrected chi connectivity index (χ1v) is 24.5. The van der Waals surface area contributed by atoms with Gasteiger partial charge >= 0.3 is 0 Å². The highest BCUT2D eigenvalue weighted by Gasteiger charge is 2.83. The molecule has 358 valence electrons. The molecule has 1 N–H and O–H groups in total. The Kier molecular flexibility index (Phi) is 14.1. The molecule has 0 bridgehead atoms. The van der Waals surface area contributed by atoms with Gasteiger partial charge in [-0.05, 0) is 54.1 Å². The molecule has 6 nitrogen and oxygen atoms in total. The van der Waals surface area contributed by atoms with Crippen molar-refractivity contribution in [2.24, 2.45) is 0 Å². The number of rotatable bonds is 20. The first-order chi connectivity index (χ1) is 36.0. The zero-order chi connectivity index (χ0) is 49.8. The van der Waals surface area contributed by atoms with Crippen LogP contribution in [0.5, 0.6) is 23.0 Å². The maximum absolute atomic E-state index is 17.5. The number of hydrogen-bond donors (Lipinski definition) is 1. The molecule has 0 heterocycles. The van der Waals surface area contributed by atoms with Crippen molar-refractivity contribution in [2.45, 2.75) is 34.9 Å². The summed E-state index contributed by atoms with van der Waals surface area (Å²) in [5.74, 6) is 1.02. The minimum Gasteiger partial charge on any atom is -0.475 e. The van der Waals surface area contributed by atoms with Gasteiger partial charge in [0.25, 0.3) is 0 Å². The van der Waals surface area contributed by atoms with Crippen LogP contribution in [-0.2, 0) is 28.8 Å². The van der Waals surface area contributed by atoms with E-state index in [9.17, 15) is 5.11 Å². The fourth-order valence-electron chi connectivity index (χ4n) is 10.4. The van der Waals surface area contributed by atoms with Crippen LogP contribution in [0.25, 0.3) is 0 Å². The van der Waals surface area contributed by atoms with Crippen molar-refractivity contribution in [3.8, 4) is 23.0 Å². The van der Waals surface area contributed by atoms with Crippen molar-refractivity contribution in [3.05, 3.63) is 337 Å². The average molecular weight is 955 g/mol. The van der Waals surface area contributed by atoms with E-state index in [2.05, 4.69) is 0 Å². The molecule has 73 heavy (non-hydrogen) atoms. The fourth-order valence-corrected chi connectivity index (χ4v) is 10.4. The van der Waals surface area contributed by atoms with Crippen LogP contribution in [0.1, 0.15) is 38.2 Å². The van der Waals surface area contributed by atoms with Gasteiger partial charge in [0.05, 0.1) is 0 Å². The molecule has 0 saturated carbocycles. The number of aliphatic hydroxyl groups is 1. The monoisotopic (exact) mass is 954 g/mol. The SMILES string of the molecule is O=C(c1ccccc1)C(Oc1ccccc1)(c1ccccc1)C(Oc1ccccc1)(c1ccccc1)C(Oc1ccccc1)(c1ccccc1)C(Oc1ccccc1)(c1ccccc1)C(O)Cc1ccccc1. The molecule has 0 saturated heterocycles. The van der Waals surface area contributed by atoms with Crippen molar-refractivity contribution < 1.29 is 28.8 Å². The Morgan fingerprint density at radius 1 is 0.329 bits per heavy atom. The van der Waals surface area contributed by atoms with E-state index < -0.39 is 34.3 Å². The summed E-state index contributed by atoms with van der Waals surface area (Å²) in [5.41, 5.74) is -6.22. The van der Waals surface area contributed by atoms with Crippen LogP contribution in [0, 0.1) is 0 Å². The van der Waals surface area contributed by atoms with Gasteiger partial charge in [0, 0.05) is 34.2 Å². The highest BCUT2D eigenvalue weighted by Crippen LogP contribution is 2.66. The largest absolute Gasteiger partial charge is 0.475 e. The summed E-state index contributed by atoms with van der Waals surface area (Å²) in [6.07, 6.45) is -1.49. The van der Waals surface area contributed by atoms with Crippen LogP contribution in [0.2, 0.25) is 0 Å². The third-order valence-corrected chi connectivity index (χ3v) is 13.4. The van der Waals surface area contributed by atoms with Gasteiger partial charge in [0.2, 0.25) is 28.2 Å². The summed E-state index contributed by atoms with van der Waals surface area (Å²) in [7, 11) is 0. The minimum atomic E-state index is -2.37. The molecule has 0 spiro atoms. The minimum absolute atomic E-state index is 0.0377. The van der Waals surface area contributed by atoms with Crippen molar-refractivity contribution in [1.82, 2.24) is 0 Å². The summed E-state index contributed by atoms with van der Waals surface area (Å²) >= 11 is 0. The zero-order valence-corrected chi connectivity index (χ0v) is 40.1. The Morgan fingerprint density at radius 3 is 1.05 bits per heavy atom. The summed E-state index contributed by atoms with van der Waals surface area (Å²) in [5, 5.41) is 14.5. The molecule has 0 amide bonds.